The first-order valence-corrected chi connectivity index (χ1v) is 10.4. The van der Waals surface area contributed by atoms with Crippen LogP contribution in [0.4, 0.5) is 4.79 Å². The van der Waals surface area contributed by atoms with Crippen molar-refractivity contribution in [3.63, 3.8) is 0 Å². The average Bonchev–Trinajstić information content (AvgIpc) is 2.97. The van der Waals surface area contributed by atoms with Gasteiger partial charge in [-0.15, -0.1) is 11.8 Å². The molecule has 1 aromatic rings. The maximum Gasteiger partial charge on any atom is 0.317 e. The van der Waals surface area contributed by atoms with Crippen LogP contribution >= 0.6 is 23.4 Å². The number of hydrogen-bond acceptors (Lipinski definition) is 3. The van der Waals surface area contributed by atoms with Crippen molar-refractivity contribution in [2.75, 3.05) is 25.4 Å². The van der Waals surface area contributed by atoms with Crippen LogP contribution in [0.5, 0.6) is 0 Å². The Bertz CT molecular complexity index is 696. The lowest BCUT2D eigenvalue weighted by molar-refractivity contribution is 0.0579. The summed E-state index contributed by atoms with van der Waals surface area (Å²) in [4.78, 5) is 29.1. The summed E-state index contributed by atoms with van der Waals surface area (Å²) in [6.45, 7) is 7.97. The minimum Gasteiger partial charge on any atom is -0.333 e. The van der Waals surface area contributed by atoms with Gasteiger partial charge in [-0.2, -0.15) is 0 Å². The minimum atomic E-state index is -0.250. The monoisotopic (exact) mass is 395 g/mol. The van der Waals surface area contributed by atoms with Gasteiger partial charge in [-0.25, -0.2) is 4.79 Å². The van der Waals surface area contributed by atoms with Gasteiger partial charge in [0.15, 0.2) is 0 Å². The highest BCUT2D eigenvalue weighted by Gasteiger charge is 2.47. The van der Waals surface area contributed by atoms with E-state index in [2.05, 4.69) is 5.32 Å². The molecule has 0 aromatic heterocycles. The lowest BCUT2D eigenvalue weighted by Crippen LogP contribution is -2.56. The number of carbonyl (C=O) groups excluding carboxylic acids is 2. The van der Waals surface area contributed by atoms with Crippen molar-refractivity contribution in [1.82, 2.24) is 15.1 Å². The van der Waals surface area contributed by atoms with Crippen molar-refractivity contribution < 1.29 is 9.59 Å². The number of rotatable bonds is 1. The van der Waals surface area contributed by atoms with Gasteiger partial charge in [0, 0.05) is 30.9 Å². The smallest absolute Gasteiger partial charge is 0.317 e. The highest BCUT2D eigenvalue weighted by Crippen LogP contribution is 2.44. The summed E-state index contributed by atoms with van der Waals surface area (Å²) in [5.74, 6) is 0.915. The molecule has 0 unspecified atom stereocenters. The Kier molecular flexibility index (Phi) is 5.45. The summed E-state index contributed by atoms with van der Waals surface area (Å²) < 4.78 is 0. The van der Waals surface area contributed by atoms with Crippen LogP contribution in [0.3, 0.4) is 0 Å². The van der Waals surface area contributed by atoms with Gasteiger partial charge in [-0.05, 0) is 45.7 Å². The Hall–Kier alpha value is -1.40. The van der Waals surface area contributed by atoms with Gasteiger partial charge in [-0.3, -0.25) is 4.79 Å². The van der Waals surface area contributed by atoms with E-state index in [1.807, 2.05) is 54.5 Å². The fourth-order valence-electron chi connectivity index (χ4n) is 3.55. The van der Waals surface area contributed by atoms with E-state index in [1.165, 1.54) is 0 Å². The number of amides is 3. The van der Waals surface area contributed by atoms with Gasteiger partial charge in [0.25, 0.3) is 5.91 Å². The number of halogens is 1. The van der Waals surface area contributed by atoms with Crippen molar-refractivity contribution in [1.29, 1.82) is 0 Å². The molecule has 0 aliphatic carbocycles. The Balaban J connectivity index is 1.70. The molecule has 2 aliphatic rings. The number of urea groups is 1. The number of nitrogens with one attached hydrogen (secondary N) is 1. The molecule has 5 nitrogen and oxygen atoms in total. The molecule has 2 fully saturated rings. The molecule has 0 saturated carbocycles. The number of hydrogen-bond donors (Lipinski definition) is 1. The summed E-state index contributed by atoms with van der Waals surface area (Å²) in [7, 11) is 0. The second-order valence-electron chi connectivity index (χ2n) is 7.90. The van der Waals surface area contributed by atoms with Crippen molar-refractivity contribution in [2.24, 2.45) is 0 Å². The molecular weight excluding hydrogens is 370 g/mol. The molecule has 142 valence electrons. The molecule has 1 aromatic carbocycles. The molecule has 0 atom stereocenters. The Morgan fingerprint density at radius 1 is 1.15 bits per heavy atom. The SMILES string of the molecule is CC(C)(C)NC(=O)N1CCC2(CC1)SCCN2C(=O)c1ccccc1Cl. The number of nitrogens with zero attached hydrogens (tertiary/aromatic N) is 2. The summed E-state index contributed by atoms with van der Waals surface area (Å²) in [6.07, 6.45) is 1.57. The summed E-state index contributed by atoms with van der Waals surface area (Å²) >= 11 is 8.07. The zero-order valence-corrected chi connectivity index (χ0v) is 17.1. The first kappa shape index (κ1) is 19.4. The Morgan fingerprint density at radius 3 is 2.42 bits per heavy atom. The molecule has 2 aliphatic heterocycles. The van der Waals surface area contributed by atoms with Crippen molar-refractivity contribution in [2.45, 2.75) is 44.0 Å². The largest absolute Gasteiger partial charge is 0.333 e. The molecule has 3 amide bonds. The van der Waals surface area contributed by atoms with Gasteiger partial charge in [0.2, 0.25) is 0 Å². The van der Waals surface area contributed by atoms with Crippen molar-refractivity contribution >= 4 is 35.3 Å². The molecule has 1 N–H and O–H groups in total. The van der Waals surface area contributed by atoms with Crippen molar-refractivity contribution in [3.8, 4) is 0 Å². The first-order valence-electron chi connectivity index (χ1n) is 8.99. The highest BCUT2D eigenvalue weighted by atomic mass is 35.5. The van der Waals surface area contributed by atoms with Gasteiger partial charge in [0.05, 0.1) is 15.5 Å². The van der Waals surface area contributed by atoms with Crippen LogP contribution in [0.15, 0.2) is 24.3 Å². The molecule has 7 heteroatoms. The molecule has 26 heavy (non-hydrogen) atoms. The number of likely N-dealkylation sites (tertiary alicyclic amines) is 1. The van der Waals surface area contributed by atoms with Crippen LogP contribution in [-0.2, 0) is 0 Å². The second-order valence-corrected chi connectivity index (χ2v) is 9.76. The van der Waals surface area contributed by atoms with Crippen molar-refractivity contribution in [3.05, 3.63) is 34.9 Å². The topological polar surface area (TPSA) is 52.7 Å². The number of piperidine rings is 1. The fraction of sp³-hybridized carbons (Fsp3) is 0.579. The molecule has 1 spiro atoms. The summed E-state index contributed by atoms with van der Waals surface area (Å²) in [6, 6.07) is 7.19. The highest BCUT2D eigenvalue weighted by molar-refractivity contribution is 8.00. The first-order chi connectivity index (χ1) is 12.2. The maximum absolute atomic E-state index is 13.1. The lowest BCUT2D eigenvalue weighted by Gasteiger charge is -2.44. The Morgan fingerprint density at radius 2 is 1.81 bits per heavy atom. The van der Waals surface area contributed by atoms with E-state index >= 15 is 0 Å². The van der Waals surface area contributed by atoms with Gasteiger partial charge in [0.1, 0.15) is 0 Å². The van der Waals surface area contributed by atoms with Crippen LogP contribution in [-0.4, -0.2) is 57.5 Å². The Labute approximate surface area is 164 Å². The van der Waals surface area contributed by atoms with Gasteiger partial charge >= 0.3 is 6.03 Å². The van der Waals surface area contributed by atoms with Crippen LogP contribution in [0.1, 0.15) is 44.0 Å². The van der Waals surface area contributed by atoms with E-state index in [1.54, 1.807) is 12.1 Å². The van der Waals surface area contributed by atoms with E-state index in [4.69, 9.17) is 11.6 Å². The third-order valence-corrected chi connectivity index (χ3v) is 6.72. The van der Waals surface area contributed by atoms with Crippen LogP contribution in [0, 0.1) is 0 Å². The van der Waals surface area contributed by atoms with Gasteiger partial charge < -0.3 is 15.1 Å². The number of thioether (sulfide) groups is 1. The maximum atomic E-state index is 13.1. The summed E-state index contributed by atoms with van der Waals surface area (Å²) in [5, 5.41) is 3.51. The quantitative estimate of drug-likeness (QED) is 0.786. The summed E-state index contributed by atoms with van der Waals surface area (Å²) in [5.41, 5.74) is 0.310. The van der Waals surface area contributed by atoms with E-state index in [-0.39, 0.29) is 22.3 Å². The predicted octanol–water partition coefficient (Wildman–Crippen LogP) is 3.83. The van der Waals surface area contributed by atoms with E-state index < -0.39 is 0 Å². The minimum absolute atomic E-state index is 0.00630. The number of carbonyl (C=O) groups is 2. The van der Waals surface area contributed by atoms with Gasteiger partial charge in [-0.1, -0.05) is 23.7 Å². The van der Waals surface area contributed by atoms with E-state index in [0.717, 1.165) is 25.1 Å². The van der Waals surface area contributed by atoms with Crippen LogP contribution in [0.25, 0.3) is 0 Å². The average molecular weight is 396 g/mol. The molecule has 3 rings (SSSR count). The molecular formula is C19H26ClN3O2S. The molecule has 0 radical (unpaired) electrons. The number of benzene rings is 1. The van der Waals surface area contributed by atoms with E-state index in [9.17, 15) is 9.59 Å². The second kappa shape index (κ2) is 7.31. The van der Waals surface area contributed by atoms with E-state index in [0.29, 0.717) is 23.7 Å². The normalized spacial score (nSPS) is 19.7. The third-order valence-electron chi connectivity index (χ3n) is 4.84. The predicted molar refractivity (Wildman–Crippen MR) is 107 cm³/mol. The zero-order valence-electron chi connectivity index (χ0n) is 15.5. The molecule has 2 heterocycles. The molecule has 2 saturated heterocycles. The third kappa shape index (κ3) is 3.96. The standard InChI is InChI=1S/C19H26ClN3O2S/c1-18(2,3)21-17(25)22-10-8-19(9-11-22)23(12-13-26-19)16(24)14-6-4-5-7-15(14)20/h4-7H,8-13H2,1-3H3,(H,21,25). The zero-order chi connectivity index (χ0) is 18.9. The fourth-order valence-corrected chi connectivity index (χ4v) is 5.22. The lowest BCUT2D eigenvalue weighted by atomic mass is 10.0. The van der Waals surface area contributed by atoms with Crippen LogP contribution < -0.4 is 5.32 Å². The molecule has 0 bridgehead atoms. The van der Waals surface area contributed by atoms with Crippen LogP contribution in [0.2, 0.25) is 5.02 Å².